The second-order valence-corrected chi connectivity index (χ2v) is 4.72. The van der Waals surface area contributed by atoms with Gasteiger partial charge in [-0.05, 0) is 24.6 Å². The summed E-state index contributed by atoms with van der Waals surface area (Å²) in [6.07, 6.45) is -1.28. The quantitative estimate of drug-likeness (QED) is 0.660. The van der Waals surface area contributed by atoms with Gasteiger partial charge in [-0.3, -0.25) is 9.59 Å². The van der Waals surface area contributed by atoms with E-state index in [2.05, 4.69) is 4.74 Å². The van der Waals surface area contributed by atoms with Gasteiger partial charge in [0.25, 0.3) is 0 Å². The lowest BCUT2D eigenvalue weighted by Crippen LogP contribution is -2.38. The molecule has 0 radical (unpaired) electrons. The highest BCUT2D eigenvalue weighted by Crippen LogP contribution is 2.49. The molecule has 2 rings (SSSR count). The van der Waals surface area contributed by atoms with Crippen molar-refractivity contribution in [3.05, 3.63) is 23.3 Å². The van der Waals surface area contributed by atoms with Crippen molar-refractivity contribution in [2.24, 2.45) is 5.41 Å². The minimum absolute atomic E-state index is 0.239. The van der Waals surface area contributed by atoms with Crippen molar-refractivity contribution in [1.82, 2.24) is 0 Å². The predicted molar refractivity (Wildman–Crippen MR) is 69.0 cm³/mol. The molecule has 0 saturated heterocycles. The average molecular weight is 280 g/mol. The van der Waals surface area contributed by atoms with E-state index in [-0.39, 0.29) is 5.56 Å². The molecule has 20 heavy (non-hydrogen) atoms. The van der Waals surface area contributed by atoms with Crippen molar-refractivity contribution in [1.29, 1.82) is 0 Å². The van der Waals surface area contributed by atoms with Crippen LogP contribution < -0.4 is 9.47 Å². The molecule has 0 fully saturated rings. The van der Waals surface area contributed by atoms with E-state index in [9.17, 15) is 14.7 Å². The van der Waals surface area contributed by atoms with Crippen LogP contribution in [0.25, 0.3) is 0 Å². The fourth-order valence-corrected chi connectivity index (χ4v) is 2.45. The highest BCUT2D eigenvalue weighted by molar-refractivity contribution is 6.16. The van der Waals surface area contributed by atoms with Crippen LogP contribution in [0.2, 0.25) is 0 Å². The third-order valence-electron chi connectivity index (χ3n) is 3.72. The molecule has 0 unspecified atom stereocenters. The Labute approximate surface area is 116 Å². The fraction of sp³-hybridized carbons (Fsp3) is 0.429. The Bertz CT molecular complexity index is 579. The van der Waals surface area contributed by atoms with Gasteiger partial charge in [-0.2, -0.15) is 0 Å². The predicted octanol–water partition coefficient (Wildman–Crippen LogP) is 1.11. The summed E-state index contributed by atoms with van der Waals surface area (Å²) >= 11 is 0. The average Bonchev–Trinajstić information content (AvgIpc) is 2.67. The molecule has 0 amide bonds. The van der Waals surface area contributed by atoms with Crippen molar-refractivity contribution < 1.29 is 28.9 Å². The smallest absolute Gasteiger partial charge is 0.322 e. The normalized spacial score (nSPS) is 24.2. The first-order valence-corrected chi connectivity index (χ1v) is 5.99. The number of benzene rings is 1. The first-order valence-electron chi connectivity index (χ1n) is 5.99. The van der Waals surface area contributed by atoms with Crippen LogP contribution in [0.1, 0.15) is 28.9 Å². The van der Waals surface area contributed by atoms with E-state index in [0.29, 0.717) is 17.1 Å². The van der Waals surface area contributed by atoms with Crippen molar-refractivity contribution in [2.45, 2.75) is 13.0 Å². The van der Waals surface area contributed by atoms with Crippen molar-refractivity contribution in [3.8, 4) is 11.5 Å². The molecule has 0 aromatic heterocycles. The number of hydrogen-bond donors (Lipinski definition) is 1. The van der Waals surface area contributed by atoms with E-state index in [0.717, 1.165) is 0 Å². The Balaban J connectivity index is 2.62. The van der Waals surface area contributed by atoms with Crippen molar-refractivity contribution >= 4 is 11.8 Å². The number of ether oxygens (including phenoxy) is 3. The molecule has 1 aliphatic carbocycles. The maximum absolute atomic E-state index is 12.4. The van der Waals surface area contributed by atoms with Gasteiger partial charge in [-0.25, -0.2) is 0 Å². The number of esters is 1. The van der Waals surface area contributed by atoms with Crippen LogP contribution in [0, 0.1) is 5.41 Å². The first-order chi connectivity index (χ1) is 9.41. The molecule has 1 N–H and O–H groups in total. The number of methoxy groups -OCH3 is 3. The van der Waals surface area contributed by atoms with Gasteiger partial charge in [0, 0.05) is 5.56 Å². The van der Waals surface area contributed by atoms with E-state index in [4.69, 9.17) is 9.47 Å². The molecular formula is C14H16O6. The summed E-state index contributed by atoms with van der Waals surface area (Å²) in [5, 5.41) is 10.3. The lowest BCUT2D eigenvalue weighted by Gasteiger charge is -2.23. The molecule has 2 atom stereocenters. The van der Waals surface area contributed by atoms with Crippen LogP contribution in [0.15, 0.2) is 12.1 Å². The van der Waals surface area contributed by atoms with Gasteiger partial charge >= 0.3 is 5.97 Å². The molecule has 1 aromatic carbocycles. The van der Waals surface area contributed by atoms with Gasteiger partial charge in [0.15, 0.2) is 22.7 Å². The third-order valence-corrected chi connectivity index (χ3v) is 3.72. The highest BCUT2D eigenvalue weighted by Gasteiger charge is 2.56. The zero-order chi connectivity index (χ0) is 15.1. The summed E-state index contributed by atoms with van der Waals surface area (Å²) < 4.78 is 14.9. The van der Waals surface area contributed by atoms with Gasteiger partial charge in [0.05, 0.1) is 21.3 Å². The van der Waals surface area contributed by atoms with Crippen LogP contribution in [0.3, 0.4) is 0 Å². The topological polar surface area (TPSA) is 82.1 Å². The van der Waals surface area contributed by atoms with E-state index in [1.54, 1.807) is 0 Å². The molecule has 6 nitrogen and oxygen atoms in total. The highest BCUT2D eigenvalue weighted by atomic mass is 16.5. The maximum atomic E-state index is 12.4. The Morgan fingerprint density at radius 2 is 1.75 bits per heavy atom. The molecule has 0 heterocycles. The summed E-state index contributed by atoms with van der Waals surface area (Å²) in [4.78, 5) is 24.3. The Hall–Kier alpha value is -2.08. The van der Waals surface area contributed by atoms with Crippen LogP contribution in [-0.2, 0) is 9.53 Å². The van der Waals surface area contributed by atoms with Gasteiger partial charge in [-0.1, -0.05) is 0 Å². The number of Topliss-reactive ketones (excluding diaryl/α,β-unsaturated/α-hetero) is 1. The molecule has 0 spiro atoms. The van der Waals surface area contributed by atoms with E-state index >= 15 is 0 Å². The van der Waals surface area contributed by atoms with Crippen molar-refractivity contribution in [2.75, 3.05) is 21.3 Å². The molecule has 0 saturated carbocycles. The van der Waals surface area contributed by atoms with Crippen molar-refractivity contribution in [3.63, 3.8) is 0 Å². The Morgan fingerprint density at radius 3 is 2.25 bits per heavy atom. The fourth-order valence-electron chi connectivity index (χ4n) is 2.45. The first kappa shape index (κ1) is 14.3. The minimum atomic E-state index is -1.64. The minimum Gasteiger partial charge on any atom is -0.493 e. The molecule has 6 heteroatoms. The standard InChI is InChI=1S/C14H16O6/c1-14(13(17)20-4)11(15)7-5-9(18-2)10(19-3)6-8(7)12(14)16/h5-6,11,15H,1-4H3/t11-,14+/m0/s1. The number of aliphatic hydroxyl groups is 1. The summed E-state index contributed by atoms with van der Waals surface area (Å²) in [5.41, 5.74) is -1.07. The number of hydrogen-bond acceptors (Lipinski definition) is 6. The molecule has 0 bridgehead atoms. The Kier molecular flexibility index (Phi) is 3.43. The molecule has 108 valence electrons. The summed E-state index contributed by atoms with van der Waals surface area (Å²) in [6.45, 7) is 1.37. The van der Waals surface area contributed by atoms with Gasteiger partial charge in [0.2, 0.25) is 0 Å². The number of ketones is 1. The van der Waals surface area contributed by atoms with Gasteiger partial charge in [0.1, 0.15) is 6.10 Å². The van der Waals surface area contributed by atoms with Crippen LogP contribution in [0.5, 0.6) is 11.5 Å². The summed E-state index contributed by atoms with van der Waals surface area (Å²) in [7, 11) is 4.07. The second-order valence-electron chi connectivity index (χ2n) is 4.72. The van der Waals surface area contributed by atoms with Gasteiger partial charge in [-0.15, -0.1) is 0 Å². The molecule has 0 aliphatic heterocycles. The summed E-state index contributed by atoms with van der Waals surface area (Å²) in [5.74, 6) is -0.523. The molecule has 1 aliphatic rings. The number of aliphatic hydroxyl groups excluding tert-OH is 1. The van der Waals surface area contributed by atoms with Crippen LogP contribution >= 0.6 is 0 Å². The largest absolute Gasteiger partial charge is 0.493 e. The Morgan fingerprint density at radius 1 is 1.20 bits per heavy atom. The summed E-state index contributed by atoms with van der Waals surface area (Å²) in [6, 6.07) is 2.97. The number of carbonyl (C=O) groups is 2. The number of rotatable bonds is 3. The van der Waals surface area contributed by atoms with Crippen LogP contribution in [0.4, 0.5) is 0 Å². The lowest BCUT2D eigenvalue weighted by atomic mass is 9.84. The maximum Gasteiger partial charge on any atom is 0.322 e. The van der Waals surface area contributed by atoms with E-state index in [1.807, 2.05) is 0 Å². The third kappa shape index (κ3) is 1.68. The number of fused-ring (bicyclic) bond motifs is 1. The van der Waals surface area contributed by atoms with Crippen LogP contribution in [-0.4, -0.2) is 38.2 Å². The monoisotopic (exact) mass is 280 g/mol. The zero-order valence-corrected chi connectivity index (χ0v) is 11.7. The second kappa shape index (κ2) is 4.79. The zero-order valence-electron chi connectivity index (χ0n) is 11.7. The molecule has 1 aromatic rings. The van der Waals surface area contributed by atoms with Gasteiger partial charge < -0.3 is 19.3 Å². The van der Waals surface area contributed by atoms with E-state index in [1.165, 1.54) is 40.4 Å². The van der Waals surface area contributed by atoms with E-state index < -0.39 is 23.3 Å². The molecular weight excluding hydrogens is 264 g/mol. The lowest BCUT2D eigenvalue weighted by molar-refractivity contribution is -0.154. The number of carbonyl (C=O) groups excluding carboxylic acids is 2. The SMILES string of the molecule is COC(=O)[C@@]1(C)C(=O)c2cc(OC)c(OC)cc2[C@@H]1O.